The molecule has 0 aliphatic rings. The number of phenols is 1. The van der Waals surface area contributed by atoms with Crippen LogP contribution in [-0.4, -0.2) is 23.7 Å². The Bertz CT molecular complexity index is 411. The molecule has 0 aromatic heterocycles. The number of aromatic hydroxyl groups is 1. The number of amides is 1. The van der Waals surface area contributed by atoms with Crippen molar-refractivity contribution in [1.29, 1.82) is 0 Å². The Balaban J connectivity index is 2.88. The van der Waals surface area contributed by atoms with E-state index < -0.39 is 5.60 Å². The quantitative estimate of drug-likeness (QED) is 0.791. The largest absolute Gasteiger partial charge is 0.506 e. The van der Waals surface area contributed by atoms with Crippen LogP contribution in [0.2, 0.25) is 0 Å². The Morgan fingerprint density at radius 2 is 2.18 bits per heavy atom. The lowest BCUT2D eigenvalue weighted by molar-refractivity contribution is -0.136. The van der Waals surface area contributed by atoms with Crippen molar-refractivity contribution in [1.82, 2.24) is 0 Å². The van der Waals surface area contributed by atoms with Gasteiger partial charge in [-0.25, -0.2) is 0 Å². The van der Waals surface area contributed by atoms with E-state index in [2.05, 4.69) is 5.32 Å². The molecule has 17 heavy (non-hydrogen) atoms. The van der Waals surface area contributed by atoms with Gasteiger partial charge in [-0.05, 0) is 38.0 Å². The maximum absolute atomic E-state index is 12.0. The second-order valence-corrected chi connectivity index (χ2v) is 4.26. The first-order valence-electron chi connectivity index (χ1n) is 5.59. The molecule has 0 fully saturated rings. The summed E-state index contributed by atoms with van der Waals surface area (Å²) < 4.78 is 5.19. The van der Waals surface area contributed by atoms with Gasteiger partial charge in [0.15, 0.2) is 0 Å². The van der Waals surface area contributed by atoms with Gasteiger partial charge in [0.2, 0.25) is 0 Å². The molecule has 1 atom stereocenters. The van der Waals surface area contributed by atoms with Gasteiger partial charge < -0.3 is 15.2 Å². The van der Waals surface area contributed by atoms with Crippen LogP contribution in [0.1, 0.15) is 25.8 Å². The van der Waals surface area contributed by atoms with Crippen LogP contribution in [0.25, 0.3) is 0 Å². The Kier molecular flexibility index (Phi) is 4.12. The van der Waals surface area contributed by atoms with Gasteiger partial charge >= 0.3 is 0 Å². The highest BCUT2D eigenvalue weighted by molar-refractivity contribution is 5.98. The molecule has 1 amide bonds. The number of nitrogens with one attached hydrogen (secondary N) is 1. The minimum absolute atomic E-state index is 0.0629. The molecule has 4 heteroatoms. The van der Waals surface area contributed by atoms with Crippen LogP contribution in [0.5, 0.6) is 5.75 Å². The van der Waals surface area contributed by atoms with Crippen molar-refractivity contribution in [3.63, 3.8) is 0 Å². The molecule has 1 unspecified atom stereocenters. The van der Waals surface area contributed by atoms with E-state index in [1.54, 1.807) is 19.1 Å². The number of methoxy groups -OCH3 is 1. The maximum Gasteiger partial charge on any atom is 0.256 e. The molecule has 0 bridgehead atoms. The van der Waals surface area contributed by atoms with E-state index >= 15 is 0 Å². The third-order valence-corrected chi connectivity index (χ3v) is 3.01. The van der Waals surface area contributed by atoms with Gasteiger partial charge in [0.1, 0.15) is 11.4 Å². The molecule has 0 spiro atoms. The number of rotatable bonds is 4. The number of anilines is 1. The van der Waals surface area contributed by atoms with Gasteiger partial charge in [-0.3, -0.25) is 4.79 Å². The molecular formula is C13H19NO3. The first-order valence-corrected chi connectivity index (χ1v) is 5.59. The highest BCUT2D eigenvalue weighted by Gasteiger charge is 2.31. The first kappa shape index (κ1) is 13.5. The lowest BCUT2D eigenvalue weighted by Gasteiger charge is -2.25. The van der Waals surface area contributed by atoms with Crippen molar-refractivity contribution in [3.05, 3.63) is 23.8 Å². The molecule has 94 valence electrons. The predicted octanol–water partition coefficient (Wildman–Crippen LogP) is 2.45. The van der Waals surface area contributed by atoms with Crippen LogP contribution in [0.3, 0.4) is 0 Å². The van der Waals surface area contributed by atoms with Crippen LogP contribution in [0.4, 0.5) is 5.69 Å². The molecule has 2 N–H and O–H groups in total. The molecule has 0 saturated heterocycles. The zero-order valence-electron chi connectivity index (χ0n) is 10.7. The Labute approximate surface area is 102 Å². The lowest BCUT2D eigenvalue weighted by Crippen LogP contribution is -2.41. The summed E-state index contributed by atoms with van der Waals surface area (Å²) in [5.74, 6) is -0.199. The van der Waals surface area contributed by atoms with Crippen LogP contribution >= 0.6 is 0 Å². The molecule has 1 aromatic carbocycles. The fraction of sp³-hybridized carbons (Fsp3) is 0.462. The molecule has 4 nitrogen and oxygen atoms in total. The number of carbonyl (C=O) groups is 1. The number of hydrogen-bond acceptors (Lipinski definition) is 3. The molecule has 1 aromatic rings. The average Bonchev–Trinajstić information content (AvgIpc) is 2.31. The number of phenolic OH excluding ortho intramolecular Hbond substituents is 1. The van der Waals surface area contributed by atoms with Crippen molar-refractivity contribution < 1.29 is 14.6 Å². The standard InChI is InChI=1S/C13H19NO3/c1-5-13(3,17-4)12(16)14-10-7-6-9(2)8-11(10)15/h6-8,15H,5H2,1-4H3,(H,14,16). The molecule has 0 saturated carbocycles. The average molecular weight is 237 g/mol. The highest BCUT2D eigenvalue weighted by Crippen LogP contribution is 2.26. The summed E-state index contributed by atoms with van der Waals surface area (Å²) in [4.78, 5) is 12.0. The van der Waals surface area contributed by atoms with E-state index in [0.717, 1.165) is 5.56 Å². The van der Waals surface area contributed by atoms with Gasteiger partial charge in [-0.2, -0.15) is 0 Å². The molecule has 0 aliphatic carbocycles. The fourth-order valence-corrected chi connectivity index (χ4v) is 1.40. The SMILES string of the molecule is CCC(C)(OC)C(=O)Nc1ccc(C)cc1O. The van der Waals surface area contributed by atoms with Gasteiger partial charge in [-0.15, -0.1) is 0 Å². The number of carbonyl (C=O) groups excluding carboxylic acids is 1. The summed E-state index contributed by atoms with van der Waals surface area (Å²) in [7, 11) is 1.50. The van der Waals surface area contributed by atoms with Crippen molar-refractivity contribution in [3.8, 4) is 5.75 Å². The third-order valence-electron chi connectivity index (χ3n) is 3.01. The van der Waals surface area contributed by atoms with Gasteiger partial charge in [0, 0.05) is 7.11 Å². The van der Waals surface area contributed by atoms with Crippen molar-refractivity contribution >= 4 is 11.6 Å². The lowest BCUT2D eigenvalue weighted by atomic mass is 10.0. The normalized spacial score (nSPS) is 14.1. The summed E-state index contributed by atoms with van der Waals surface area (Å²) in [6, 6.07) is 5.10. The van der Waals surface area contributed by atoms with E-state index in [9.17, 15) is 9.90 Å². The smallest absolute Gasteiger partial charge is 0.256 e. The van der Waals surface area contributed by atoms with Crippen LogP contribution in [-0.2, 0) is 9.53 Å². The second-order valence-electron chi connectivity index (χ2n) is 4.26. The summed E-state index contributed by atoms with van der Waals surface area (Å²) in [5.41, 5.74) is 0.458. The summed E-state index contributed by atoms with van der Waals surface area (Å²) in [5, 5.41) is 12.4. The Morgan fingerprint density at radius 1 is 1.53 bits per heavy atom. The molecule has 1 rings (SSSR count). The van der Waals surface area contributed by atoms with E-state index in [1.165, 1.54) is 7.11 Å². The number of benzene rings is 1. The third kappa shape index (κ3) is 2.97. The Hall–Kier alpha value is -1.55. The van der Waals surface area contributed by atoms with E-state index in [-0.39, 0.29) is 11.7 Å². The van der Waals surface area contributed by atoms with Gasteiger partial charge in [-0.1, -0.05) is 13.0 Å². The fourth-order valence-electron chi connectivity index (χ4n) is 1.40. The maximum atomic E-state index is 12.0. The van der Waals surface area contributed by atoms with E-state index in [1.807, 2.05) is 19.9 Å². The topological polar surface area (TPSA) is 58.6 Å². The minimum Gasteiger partial charge on any atom is -0.506 e. The van der Waals surface area contributed by atoms with Crippen molar-refractivity contribution in [2.45, 2.75) is 32.8 Å². The summed E-state index contributed by atoms with van der Waals surface area (Å²) >= 11 is 0. The van der Waals surface area contributed by atoms with Crippen LogP contribution < -0.4 is 5.32 Å². The van der Waals surface area contributed by atoms with Crippen molar-refractivity contribution in [2.75, 3.05) is 12.4 Å². The minimum atomic E-state index is -0.878. The highest BCUT2D eigenvalue weighted by atomic mass is 16.5. The molecule has 0 heterocycles. The molecule has 0 radical (unpaired) electrons. The zero-order valence-corrected chi connectivity index (χ0v) is 10.7. The predicted molar refractivity (Wildman–Crippen MR) is 67.2 cm³/mol. The van der Waals surface area contributed by atoms with Crippen molar-refractivity contribution in [2.24, 2.45) is 0 Å². The number of hydrogen-bond donors (Lipinski definition) is 2. The number of ether oxygens (including phenoxy) is 1. The van der Waals surface area contributed by atoms with E-state index in [0.29, 0.717) is 12.1 Å². The summed E-state index contributed by atoms with van der Waals surface area (Å²) in [6.45, 7) is 5.46. The van der Waals surface area contributed by atoms with Crippen LogP contribution in [0, 0.1) is 6.92 Å². The summed E-state index contributed by atoms with van der Waals surface area (Å²) in [6.07, 6.45) is 0.557. The molecule has 0 aliphatic heterocycles. The van der Waals surface area contributed by atoms with E-state index in [4.69, 9.17) is 4.74 Å². The van der Waals surface area contributed by atoms with Crippen LogP contribution in [0.15, 0.2) is 18.2 Å². The molecular weight excluding hydrogens is 218 g/mol. The number of aryl methyl sites for hydroxylation is 1. The first-order chi connectivity index (χ1) is 7.92. The second kappa shape index (κ2) is 5.19. The van der Waals surface area contributed by atoms with Gasteiger partial charge in [0.25, 0.3) is 5.91 Å². The Morgan fingerprint density at radius 3 is 2.65 bits per heavy atom. The monoisotopic (exact) mass is 237 g/mol. The zero-order chi connectivity index (χ0) is 13.1. The van der Waals surface area contributed by atoms with Gasteiger partial charge in [0.05, 0.1) is 5.69 Å².